The molecule has 0 spiro atoms. The molecule has 2 aliphatic rings. The minimum absolute atomic E-state index is 0.0208. The maximum Gasteiger partial charge on any atom is 0.174 e. The van der Waals surface area contributed by atoms with Crippen LogP contribution in [-0.4, -0.2) is 14.7 Å². The third-order valence-electron chi connectivity index (χ3n) is 5.96. The lowest BCUT2D eigenvalue weighted by molar-refractivity contribution is 0.562. The molecule has 3 aromatic rings. The van der Waals surface area contributed by atoms with Crippen LogP contribution < -0.4 is 10.2 Å². The van der Waals surface area contributed by atoms with Crippen molar-refractivity contribution in [1.82, 2.24) is 14.9 Å². The second-order valence-corrected chi connectivity index (χ2v) is 8.72. The molecule has 1 aromatic carbocycles. The van der Waals surface area contributed by atoms with E-state index >= 15 is 0 Å². The van der Waals surface area contributed by atoms with Crippen LogP contribution in [0.25, 0.3) is 0 Å². The fraction of sp³-hybridized carbons (Fsp3) is 0.304. The molecule has 0 unspecified atom stereocenters. The molecule has 148 valence electrons. The van der Waals surface area contributed by atoms with Crippen LogP contribution >= 0.6 is 23.8 Å². The van der Waals surface area contributed by atoms with Crippen LogP contribution in [0.2, 0.25) is 5.02 Å². The van der Waals surface area contributed by atoms with Gasteiger partial charge in [-0.25, -0.2) is 0 Å². The highest BCUT2D eigenvalue weighted by atomic mass is 35.5. The zero-order chi connectivity index (χ0) is 20.1. The van der Waals surface area contributed by atoms with Gasteiger partial charge in [0.15, 0.2) is 5.11 Å². The number of nitrogens with zero attached hydrogens (tertiary/aromatic N) is 3. The number of anilines is 1. The van der Waals surface area contributed by atoms with Crippen molar-refractivity contribution in [2.45, 2.75) is 44.8 Å². The van der Waals surface area contributed by atoms with E-state index in [2.05, 4.69) is 45.7 Å². The maximum atomic E-state index is 6.14. The van der Waals surface area contributed by atoms with E-state index in [-0.39, 0.29) is 12.1 Å². The van der Waals surface area contributed by atoms with Gasteiger partial charge in [-0.2, -0.15) is 0 Å². The first-order valence-electron chi connectivity index (χ1n) is 9.99. The molecule has 1 saturated heterocycles. The predicted molar refractivity (Wildman–Crippen MR) is 122 cm³/mol. The van der Waals surface area contributed by atoms with Gasteiger partial charge in [0.25, 0.3) is 0 Å². The largest absolute Gasteiger partial charge is 0.351 e. The third-order valence-corrected chi connectivity index (χ3v) is 6.52. The number of hydrogen-bond donors (Lipinski definition) is 1. The number of hydrogen-bond acceptors (Lipinski definition) is 2. The van der Waals surface area contributed by atoms with Crippen molar-refractivity contribution in [1.29, 1.82) is 0 Å². The molecule has 0 bridgehead atoms. The summed E-state index contributed by atoms with van der Waals surface area (Å²) in [5, 5.41) is 4.97. The number of rotatable bonds is 4. The van der Waals surface area contributed by atoms with Gasteiger partial charge in [-0.3, -0.25) is 4.98 Å². The van der Waals surface area contributed by atoms with E-state index in [9.17, 15) is 0 Å². The number of thiocarbonyl (C=S) groups is 1. The number of aryl methyl sites for hydroxylation is 1. The molecule has 29 heavy (non-hydrogen) atoms. The van der Waals surface area contributed by atoms with Gasteiger partial charge in [-0.05, 0) is 86.9 Å². The van der Waals surface area contributed by atoms with Crippen molar-refractivity contribution in [2.75, 3.05) is 4.90 Å². The van der Waals surface area contributed by atoms with Crippen LogP contribution in [0.1, 0.15) is 53.6 Å². The molecule has 1 aliphatic carbocycles. The average molecular weight is 423 g/mol. The highest BCUT2D eigenvalue weighted by Crippen LogP contribution is 2.46. The Balaban J connectivity index is 1.66. The predicted octanol–water partition coefficient (Wildman–Crippen LogP) is 5.67. The van der Waals surface area contributed by atoms with Crippen LogP contribution in [0, 0.1) is 13.8 Å². The molecule has 2 aromatic heterocycles. The summed E-state index contributed by atoms with van der Waals surface area (Å²) in [4.78, 5) is 6.86. The Morgan fingerprint density at radius 1 is 1.10 bits per heavy atom. The van der Waals surface area contributed by atoms with Crippen molar-refractivity contribution in [2.24, 2.45) is 0 Å². The fourth-order valence-corrected chi connectivity index (χ4v) is 5.02. The summed E-state index contributed by atoms with van der Waals surface area (Å²) in [6.07, 6.45) is 4.37. The fourth-order valence-electron chi connectivity index (χ4n) is 4.55. The van der Waals surface area contributed by atoms with E-state index in [0.29, 0.717) is 11.2 Å². The highest BCUT2D eigenvalue weighted by Gasteiger charge is 2.42. The third kappa shape index (κ3) is 3.22. The van der Waals surface area contributed by atoms with Crippen molar-refractivity contribution < 1.29 is 0 Å². The highest BCUT2D eigenvalue weighted by molar-refractivity contribution is 7.80. The van der Waals surface area contributed by atoms with Crippen molar-refractivity contribution in [3.05, 3.63) is 82.4 Å². The summed E-state index contributed by atoms with van der Waals surface area (Å²) >= 11 is 11.9. The minimum atomic E-state index is -0.0208. The molecule has 1 aliphatic heterocycles. The van der Waals surface area contributed by atoms with Crippen LogP contribution in [0.4, 0.5) is 5.69 Å². The number of benzene rings is 1. The summed E-state index contributed by atoms with van der Waals surface area (Å²) < 4.78 is 2.49. The summed E-state index contributed by atoms with van der Waals surface area (Å²) in [5.74, 6) is 0. The molecular weight excluding hydrogens is 400 g/mol. The van der Waals surface area contributed by atoms with E-state index in [0.717, 1.165) is 16.4 Å². The standard InChI is InChI=1S/C23H23ClN4S/c1-14-13-19(15(2)27(14)17-10-11-17)22-21(20-5-3-4-12-25-20)26-23(29)28(22)18-8-6-16(24)7-9-18/h3-9,12-13,17,21-22H,10-11H2,1-2H3,(H,26,29)/t21-,22-/m0/s1. The summed E-state index contributed by atoms with van der Waals surface area (Å²) in [5.41, 5.74) is 5.96. The number of nitrogens with one attached hydrogen (secondary N) is 1. The molecule has 0 amide bonds. The lowest BCUT2D eigenvalue weighted by atomic mass is 9.96. The number of pyridine rings is 1. The zero-order valence-electron chi connectivity index (χ0n) is 16.5. The summed E-state index contributed by atoms with van der Waals surface area (Å²) in [7, 11) is 0. The zero-order valence-corrected chi connectivity index (χ0v) is 18.0. The van der Waals surface area contributed by atoms with E-state index in [4.69, 9.17) is 23.8 Å². The molecular formula is C23H23ClN4S. The lowest BCUT2D eigenvalue weighted by Crippen LogP contribution is -2.29. The van der Waals surface area contributed by atoms with Crippen LogP contribution in [0.15, 0.2) is 54.7 Å². The molecule has 1 saturated carbocycles. The second-order valence-electron chi connectivity index (χ2n) is 7.90. The van der Waals surface area contributed by atoms with Gasteiger partial charge in [0.2, 0.25) is 0 Å². The van der Waals surface area contributed by atoms with E-state index < -0.39 is 0 Å². The maximum absolute atomic E-state index is 6.14. The van der Waals surface area contributed by atoms with Gasteiger partial charge in [-0.1, -0.05) is 17.7 Å². The molecule has 6 heteroatoms. The van der Waals surface area contributed by atoms with Gasteiger partial charge >= 0.3 is 0 Å². The van der Waals surface area contributed by atoms with E-state index in [1.54, 1.807) is 0 Å². The SMILES string of the molecule is Cc1cc([C@H]2[C@H](c3ccccn3)NC(=S)N2c2ccc(Cl)cc2)c(C)n1C1CC1. The van der Waals surface area contributed by atoms with Crippen molar-refractivity contribution >= 4 is 34.6 Å². The molecule has 0 radical (unpaired) electrons. The Kier molecular flexibility index (Phi) is 4.60. The minimum Gasteiger partial charge on any atom is -0.351 e. The first kappa shape index (κ1) is 18.6. The van der Waals surface area contributed by atoms with Gasteiger partial charge in [0.05, 0.1) is 17.8 Å². The Labute approximate surface area is 181 Å². The first-order chi connectivity index (χ1) is 14.0. The van der Waals surface area contributed by atoms with Gasteiger partial charge in [-0.15, -0.1) is 0 Å². The second kappa shape index (κ2) is 7.15. The quantitative estimate of drug-likeness (QED) is 0.549. The van der Waals surface area contributed by atoms with Crippen molar-refractivity contribution in [3.8, 4) is 0 Å². The normalized spacial score (nSPS) is 21.5. The number of halogens is 1. The molecule has 3 heterocycles. The van der Waals surface area contributed by atoms with Crippen molar-refractivity contribution in [3.63, 3.8) is 0 Å². The molecule has 4 nitrogen and oxygen atoms in total. The summed E-state index contributed by atoms with van der Waals surface area (Å²) in [6, 6.07) is 16.9. The van der Waals surface area contributed by atoms with Gasteiger partial charge in [0, 0.05) is 34.3 Å². The van der Waals surface area contributed by atoms with E-state index in [1.807, 2.05) is 42.6 Å². The van der Waals surface area contributed by atoms with Crippen LogP contribution in [0.3, 0.4) is 0 Å². The Bertz CT molecular complexity index is 1060. The Morgan fingerprint density at radius 2 is 1.86 bits per heavy atom. The number of aromatic nitrogens is 2. The molecule has 1 N–H and O–H groups in total. The van der Waals surface area contributed by atoms with Crippen LogP contribution in [-0.2, 0) is 0 Å². The molecule has 2 atom stereocenters. The summed E-state index contributed by atoms with van der Waals surface area (Å²) in [6.45, 7) is 4.44. The smallest absolute Gasteiger partial charge is 0.174 e. The monoisotopic (exact) mass is 422 g/mol. The van der Waals surface area contributed by atoms with Crippen LogP contribution in [0.5, 0.6) is 0 Å². The lowest BCUT2D eigenvalue weighted by Gasteiger charge is -2.28. The average Bonchev–Trinajstić information content (AvgIpc) is 3.43. The molecule has 5 rings (SSSR count). The Hall–Kier alpha value is -2.37. The van der Waals surface area contributed by atoms with Gasteiger partial charge < -0.3 is 14.8 Å². The Morgan fingerprint density at radius 3 is 2.52 bits per heavy atom. The van der Waals surface area contributed by atoms with Gasteiger partial charge in [0.1, 0.15) is 0 Å². The molecule has 2 fully saturated rings. The van der Waals surface area contributed by atoms with E-state index in [1.165, 1.54) is 29.8 Å². The first-order valence-corrected chi connectivity index (χ1v) is 10.8. The topological polar surface area (TPSA) is 33.1 Å².